The average Bonchev–Trinajstić information content (AvgIpc) is 2.22. The van der Waals surface area contributed by atoms with E-state index in [0.29, 0.717) is 6.61 Å². The zero-order valence-electron chi connectivity index (χ0n) is 11.3. The van der Waals surface area contributed by atoms with Crippen LogP contribution in [0.3, 0.4) is 0 Å². The summed E-state index contributed by atoms with van der Waals surface area (Å²) in [6, 6.07) is 4.07. The van der Waals surface area contributed by atoms with Crippen molar-refractivity contribution >= 4 is 5.78 Å². The Morgan fingerprint density at radius 1 is 1.29 bits per heavy atom. The van der Waals surface area contributed by atoms with E-state index >= 15 is 0 Å². The van der Waals surface area contributed by atoms with Crippen LogP contribution in [-0.2, 0) is 5.41 Å². The highest BCUT2D eigenvalue weighted by molar-refractivity contribution is 6.01. The van der Waals surface area contributed by atoms with Crippen LogP contribution in [0.4, 0.5) is 0 Å². The monoisotopic (exact) mass is 232 g/mol. The SMILES string of the molecule is Cc1cc2c(c(C(C)(C)C)c1)OCC(C)C2=O. The number of Topliss-reactive ketones (excluding diaryl/α,β-unsaturated/α-hetero) is 1. The zero-order valence-corrected chi connectivity index (χ0v) is 11.3. The molecule has 2 rings (SSSR count). The first-order valence-electron chi connectivity index (χ1n) is 6.13. The molecule has 0 aliphatic carbocycles. The molecule has 0 saturated carbocycles. The van der Waals surface area contributed by atoms with Gasteiger partial charge in [-0.05, 0) is 24.0 Å². The van der Waals surface area contributed by atoms with Gasteiger partial charge < -0.3 is 4.74 Å². The number of carbonyl (C=O) groups is 1. The molecule has 0 N–H and O–H groups in total. The predicted molar refractivity (Wildman–Crippen MR) is 68.9 cm³/mol. The molecule has 1 aliphatic rings. The fourth-order valence-electron chi connectivity index (χ4n) is 2.22. The third kappa shape index (κ3) is 2.08. The summed E-state index contributed by atoms with van der Waals surface area (Å²) in [6.07, 6.45) is 0. The average molecular weight is 232 g/mol. The molecule has 1 heterocycles. The smallest absolute Gasteiger partial charge is 0.172 e. The number of carbonyl (C=O) groups excluding carboxylic acids is 1. The van der Waals surface area contributed by atoms with Crippen LogP contribution >= 0.6 is 0 Å². The van der Waals surface area contributed by atoms with Crippen LogP contribution in [-0.4, -0.2) is 12.4 Å². The number of hydrogen-bond donors (Lipinski definition) is 0. The molecule has 1 aliphatic heterocycles. The van der Waals surface area contributed by atoms with Gasteiger partial charge in [0, 0.05) is 5.56 Å². The lowest BCUT2D eigenvalue weighted by atomic mass is 9.82. The van der Waals surface area contributed by atoms with Crippen molar-refractivity contribution in [2.75, 3.05) is 6.61 Å². The molecule has 0 spiro atoms. The molecule has 0 aromatic heterocycles. The van der Waals surface area contributed by atoms with Gasteiger partial charge in [0.1, 0.15) is 5.75 Å². The van der Waals surface area contributed by atoms with E-state index in [1.165, 1.54) is 0 Å². The van der Waals surface area contributed by atoms with Gasteiger partial charge in [-0.15, -0.1) is 0 Å². The first-order chi connectivity index (χ1) is 7.80. The molecular formula is C15H20O2. The van der Waals surface area contributed by atoms with Crippen LogP contribution in [0.1, 0.15) is 49.2 Å². The lowest BCUT2D eigenvalue weighted by Gasteiger charge is -2.29. The van der Waals surface area contributed by atoms with Gasteiger partial charge in [0.2, 0.25) is 0 Å². The summed E-state index contributed by atoms with van der Waals surface area (Å²) in [4.78, 5) is 12.2. The van der Waals surface area contributed by atoms with Crippen molar-refractivity contribution in [1.82, 2.24) is 0 Å². The highest BCUT2D eigenvalue weighted by Gasteiger charge is 2.30. The van der Waals surface area contributed by atoms with Crippen LogP contribution in [0.5, 0.6) is 5.75 Å². The molecule has 0 fully saturated rings. The van der Waals surface area contributed by atoms with Gasteiger partial charge in [-0.1, -0.05) is 33.8 Å². The Labute approximate surface area is 103 Å². The summed E-state index contributed by atoms with van der Waals surface area (Å²) in [7, 11) is 0. The van der Waals surface area contributed by atoms with E-state index in [9.17, 15) is 4.79 Å². The van der Waals surface area contributed by atoms with Gasteiger partial charge in [-0.25, -0.2) is 0 Å². The van der Waals surface area contributed by atoms with Crippen LogP contribution < -0.4 is 4.74 Å². The second-order valence-corrected chi connectivity index (χ2v) is 6.02. The molecule has 17 heavy (non-hydrogen) atoms. The van der Waals surface area contributed by atoms with E-state index in [4.69, 9.17) is 4.74 Å². The summed E-state index contributed by atoms with van der Waals surface area (Å²) in [5.41, 5.74) is 3.01. The van der Waals surface area contributed by atoms with E-state index in [1.807, 2.05) is 19.9 Å². The summed E-state index contributed by atoms with van der Waals surface area (Å²) >= 11 is 0. The minimum absolute atomic E-state index is 0.00301. The largest absolute Gasteiger partial charge is 0.492 e. The number of benzene rings is 1. The number of ether oxygens (including phenoxy) is 1. The van der Waals surface area contributed by atoms with Gasteiger partial charge in [0.05, 0.1) is 18.1 Å². The van der Waals surface area contributed by atoms with Crippen molar-refractivity contribution in [3.05, 3.63) is 28.8 Å². The van der Waals surface area contributed by atoms with Crippen molar-refractivity contribution < 1.29 is 9.53 Å². The first-order valence-corrected chi connectivity index (χ1v) is 6.13. The minimum atomic E-state index is -0.0304. The lowest BCUT2D eigenvalue weighted by Crippen LogP contribution is -2.28. The van der Waals surface area contributed by atoms with Crippen molar-refractivity contribution in [3.63, 3.8) is 0 Å². The Hall–Kier alpha value is -1.31. The highest BCUT2D eigenvalue weighted by Crippen LogP contribution is 2.38. The number of aryl methyl sites for hydroxylation is 1. The van der Waals surface area contributed by atoms with Gasteiger partial charge in [-0.2, -0.15) is 0 Å². The van der Waals surface area contributed by atoms with E-state index < -0.39 is 0 Å². The van der Waals surface area contributed by atoms with E-state index in [1.54, 1.807) is 0 Å². The minimum Gasteiger partial charge on any atom is -0.492 e. The van der Waals surface area contributed by atoms with Gasteiger partial charge >= 0.3 is 0 Å². The van der Waals surface area contributed by atoms with Crippen molar-refractivity contribution in [1.29, 1.82) is 0 Å². The maximum atomic E-state index is 12.2. The summed E-state index contributed by atoms with van der Waals surface area (Å²) in [5.74, 6) is 0.976. The molecule has 92 valence electrons. The van der Waals surface area contributed by atoms with Crippen molar-refractivity contribution in [2.45, 2.75) is 40.0 Å². The van der Waals surface area contributed by atoms with Gasteiger partial charge in [0.25, 0.3) is 0 Å². The fraction of sp³-hybridized carbons (Fsp3) is 0.533. The normalized spacial score (nSPS) is 19.8. The van der Waals surface area contributed by atoms with Crippen molar-refractivity contribution in [3.8, 4) is 5.75 Å². The number of fused-ring (bicyclic) bond motifs is 1. The second kappa shape index (κ2) is 3.86. The van der Waals surface area contributed by atoms with E-state index in [0.717, 1.165) is 22.4 Å². The zero-order chi connectivity index (χ0) is 12.8. The molecule has 1 unspecified atom stereocenters. The van der Waals surface area contributed by atoms with Gasteiger partial charge in [0.15, 0.2) is 5.78 Å². The lowest BCUT2D eigenvalue weighted by molar-refractivity contribution is 0.0846. The standard InChI is InChI=1S/C15H20O2/c1-9-6-11-13(16)10(2)8-17-14(11)12(7-9)15(3,4)5/h6-7,10H,8H2,1-5H3. The molecule has 1 aromatic rings. The molecular weight excluding hydrogens is 212 g/mol. The third-order valence-corrected chi connectivity index (χ3v) is 3.23. The third-order valence-electron chi connectivity index (χ3n) is 3.23. The van der Waals surface area contributed by atoms with Crippen LogP contribution in [0.15, 0.2) is 12.1 Å². The molecule has 0 saturated heterocycles. The second-order valence-electron chi connectivity index (χ2n) is 6.02. The molecule has 2 heteroatoms. The maximum Gasteiger partial charge on any atom is 0.172 e. The summed E-state index contributed by atoms with van der Waals surface area (Å²) in [6.45, 7) is 10.9. The number of ketones is 1. The van der Waals surface area contributed by atoms with Crippen molar-refractivity contribution in [2.24, 2.45) is 5.92 Å². The quantitative estimate of drug-likeness (QED) is 0.684. The Morgan fingerprint density at radius 2 is 1.94 bits per heavy atom. The summed E-state index contributed by atoms with van der Waals surface area (Å²) < 4.78 is 5.80. The van der Waals surface area contributed by atoms with E-state index in [-0.39, 0.29) is 17.1 Å². The Kier molecular flexibility index (Phi) is 2.76. The topological polar surface area (TPSA) is 26.3 Å². The molecule has 0 bridgehead atoms. The maximum absolute atomic E-state index is 12.2. The Balaban J connectivity index is 2.65. The molecule has 0 radical (unpaired) electrons. The van der Waals surface area contributed by atoms with E-state index in [2.05, 4.69) is 26.8 Å². The predicted octanol–water partition coefficient (Wildman–Crippen LogP) is 3.50. The van der Waals surface area contributed by atoms with Crippen LogP contribution in [0.25, 0.3) is 0 Å². The summed E-state index contributed by atoms with van der Waals surface area (Å²) in [5, 5.41) is 0. The Morgan fingerprint density at radius 3 is 2.53 bits per heavy atom. The van der Waals surface area contributed by atoms with Crippen LogP contribution in [0, 0.1) is 12.8 Å². The molecule has 1 aromatic carbocycles. The molecule has 2 nitrogen and oxygen atoms in total. The number of rotatable bonds is 0. The molecule has 0 amide bonds. The van der Waals surface area contributed by atoms with Crippen LogP contribution in [0.2, 0.25) is 0 Å². The number of hydrogen-bond acceptors (Lipinski definition) is 2. The van der Waals surface area contributed by atoms with Gasteiger partial charge in [-0.3, -0.25) is 4.79 Å². The molecule has 1 atom stereocenters. The Bertz CT molecular complexity index is 467. The highest BCUT2D eigenvalue weighted by atomic mass is 16.5. The fourth-order valence-corrected chi connectivity index (χ4v) is 2.22. The first kappa shape index (κ1) is 12.2.